The van der Waals surface area contributed by atoms with Gasteiger partial charge < -0.3 is 10.4 Å². The van der Waals surface area contributed by atoms with Crippen molar-refractivity contribution in [1.29, 1.82) is 0 Å². The van der Waals surface area contributed by atoms with Crippen LogP contribution in [0, 0.1) is 0 Å². The molecule has 5 nitrogen and oxygen atoms in total. The number of nitrogens with zero attached hydrogens (tertiary/aromatic N) is 1. The van der Waals surface area contributed by atoms with Gasteiger partial charge in [-0.2, -0.15) is 0 Å². The Morgan fingerprint density at radius 3 is 2.67 bits per heavy atom. The number of aromatic nitrogens is 1. The van der Waals surface area contributed by atoms with Gasteiger partial charge in [0.1, 0.15) is 5.69 Å². The lowest BCUT2D eigenvalue weighted by molar-refractivity contribution is -0.120. The number of carboxylic acids is 1. The van der Waals surface area contributed by atoms with E-state index in [-0.39, 0.29) is 11.6 Å². The van der Waals surface area contributed by atoms with Gasteiger partial charge in [-0.25, -0.2) is 9.78 Å². The van der Waals surface area contributed by atoms with Crippen LogP contribution in [0.15, 0.2) is 18.3 Å². The van der Waals surface area contributed by atoms with E-state index in [1.54, 1.807) is 13.0 Å². The van der Waals surface area contributed by atoms with E-state index >= 15 is 0 Å². The van der Waals surface area contributed by atoms with E-state index in [1.165, 1.54) is 12.3 Å². The Kier molecular flexibility index (Phi) is 3.79. The van der Waals surface area contributed by atoms with Crippen LogP contribution in [0.3, 0.4) is 0 Å². The molecule has 0 aliphatic heterocycles. The number of hydrogen-bond acceptors (Lipinski definition) is 3. The molecular formula is C10H12N2O3. The molecule has 1 aromatic rings. The first-order valence-corrected chi connectivity index (χ1v) is 4.58. The number of rotatable bonds is 4. The van der Waals surface area contributed by atoms with Crippen LogP contribution in [-0.4, -0.2) is 22.0 Å². The summed E-state index contributed by atoms with van der Waals surface area (Å²) in [4.78, 5) is 25.2. The highest BCUT2D eigenvalue weighted by atomic mass is 16.4. The maximum atomic E-state index is 10.9. The van der Waals surface area contributed by atoms with Gasteiger partial charge in [-0.15, -0.1) is 0 Å². The summed E-state index contributed by atoms with van der Waals surface area (Å²) in [5, 5.41) is 11.3. The number of amides is 1. The molecule has 0 atom stereocenters. The van der Waals surface area contributed by atoms with Gasteiger partial charge >= 0.3 is 5.97 Å². The molecule has 15 heavy (non-hydrogen) atoms. The average molecular weight is 208 g/mol. The first-order chi connectivity index (χ1) is 7.13. The van der Waals surface area contributed by atoms with Crippen molar-refractivity contribution in [3.63, 3.8) is 0 Å². The number of nitrogens with one attached hydrogen (secondary N) is 1. The molecule has 0 bridgehead atoms. The molecule has 0 saturated carbocycles. The van der Waals surface area contributed by atoms with Crippen molar-refractivity contribution < 1.29 is 14.7 Å². The second-order valence-corrected chi connectivity index (χ2v) is 2.99. The van der Waals surface area contributed by atoms with Gasteiger partial charge in [0.05, 0.1) is 0 Å². The molecule has 0 aliphatic rings. The third kappa shape index (κ3) is 3.38. The van der Waals surface area contributed by atoms with Crippen LogP contribution in [0.25, 0.3) is 0 Å². The van der Waals surface area contributed by atoms with Crippen LogP contribution in [-0.2, 0) is 11.3 Å². The van der Waals surface area contributed by atoms with Crippen molar-refractivity contribution in [2.24, 2.45) is 0 Å². The molecule has 2 N–H and O–H groups in total. The van der Waals surface area contributed by atoms with Crippen LogP contribution in [0.2, 0.25) is 0 Å². The topological polar surface area (TPSA) is 79.3 Å². The lowest BCUT2D eigenvalue weighted by atomic mass is 10.2. The molecule has 0 aliphatic carbocycles. The van der Waals surface area contributed by atoms with Crippen LogP contribution in [0.4, 0.5) is 0 Å². The number of carbonyl (C=O) groups excluding carboxylic acids is 1. The highest BCUT2D eigenvalue weighted by Crippen LogP contribution is 2.00. The van der Waals surface area contributed by atoms with E-state index in [0.717, 1.165) is 5.56 Å². The fourth-order valence-corrected chi connectivity index (χ4v) is 0.981. The zero-order valence-corrected chi connectivity index (χ0v) is 8.36. The summed E-state index contributed by atoms with van der Waals surface area (Å²) >= 11 is 0. The molecule has 5 heteroatoms. The summed E-state index contributed by atoms with van der Waals surface area (Å²) in [7, 11) is 0. The second-order valence-electron chi connectivity index (χ2n) is 2.99. The van der Waals surface area contributed by atoms with E-state index in [4.69, 9.17) is 5.11 Å². The summed E-state index contributed by atoms with van der Waals surface area (Å²) in [5.74, 6) is -1.10. The Labute approximate surface area is 87.1 Å². The normalized spacial score (nSPS) is 9.67. The molecule has 1 aromatic heterocycles. The van der Waals surface area contributed by atoms with Crippen molar-refractivity contribution in [2.45, 2.75) is 19.9 Å². The fraction of sp³-hybridized carbons (Fsp3) is 0.300. The van der Waals surface area contributed by atoms with Gasteiger partial charge in [0.25, 0.3) is 0 Å². The highest BCUT2D eigenvalue weighted by molar-refractivity contribution is 5.85. The van der Waals surface area contributed by atoms with Crippen LogP contribution in [0.1, 0.15) is 29.4 Å². The Morgan fingerprint density at radius 1 is 1.47 bits per heavy atom. The van der Waals surface area contributed by atoms with Gasteiger partial charge in [-0.1, -0.05) is 13.0 Å². The number of aromatic carboxylic acids is 1. The molecule has 0 saturated heterocycles. The molecule has 0 unspecified atom stereocenters. The molecule has 1 heterocycles. The van der Waals surface area contributed by atoms with E-state index in [0.29, 0.717) is 13.0 Å². The van der Waals surface area contributed by atoms with Crippen molar-refractivity contribution in [1.82, 2.24) is 10.3 Å². The minimum absolute atomic E-state index is 0.000526. The predicted octanol–water partition coefficient (Wildman–Crippen LogP) is 0.806. The van der Waals surface area contributed by atoms with Gasteiger partial charge in [-0.3, -0.25) is 4.79 Å². The Hall–Kier alpha value is -1.91. The smallest absolute Gasteiger partial charge is 0.354 e. The maximum absolute atomic E-state index is 10.9. The maximum Gasteiger partial charge on any atom is 0.354 e. The number of hydrogen-bond donors (Lipinski definition) is 2. The van der Waals surface area contributed by atoms with Gasteiger partial charge in [0, 0.05) is 19.2 Å². The van der Waals surface area contributed by atoms with E-state index in [9.17, 15) is 9.59 Å². The summed E-state index contributed by atoms with van der Waals surface area (Å²) in [5.41, 5.74) is 0.780. The molecule has 0 spiro atoms. The summed E-state index contributed by atoms with van der Waals surface area (Å²) < 4.78 is 0. The number of carbonyl (C=O) groups is 2. The average Bonchev–Trinajstić information content (AvgIpc) is 2.26. The van der Waals surface area contributed by atoms with E-state index < -0.39 is 5.97 Å². The van der Waals surface area contributed by atoms with Crippen LogP contribution >= 0.6 is 0 Å². The molecule has 0 aromatic carbocycles. The summed E-state index contributed by atoms with van der Waals surface area (Å²) in [6, 6.07) is 3.04. The molecule has 80 valence electrons. The number of carboxylic acid groups (broad SMARTS) is 1. The van der Waals surface area contributed by atoms with Crippen molar-refractivity contribution in [3.05, 3.63) is 29.6 Å². The molecule has 1 amide bonds. The van der Waals surface area contributed by atoms with E-state index in [2.05, 4.69) is 10.3 Å². The lowest BCUT2D eigenvalue weighted by Gasteiger charge is -2.03. The Morgan fingerprint density at radius 2 is 2.20 bits per heavy atom. The quantitative estimate of drug-likeness (QED) is 0.767. The summed E-state index contributed by atoms with van der Waals surface area (Å²) in [6.07, 6.45) is 1.88. The molecular weight excluding hydrogens is 196 g/mol. The van der Waals surface area contributed by atoms with Gasteiger partial charge in [0.2, 0.25) is 5.91 Å². The highest BCUT2D eigenvalue weighted by Gasteiger charge is 2.03. The SMILES string of the molecule is CCC(=O)NCc1ccc(C(=O)O)nc1. The van der Waals surface area contributed by atoms with Gasteiger partial charge in [-0.05, 0) is 11.6 Å². The zero-order valence-electron chi connectivity index (χ0n) is 8.36. The molecule has 1 rings (SSSR count). The van der Waals surface area contributed by atoms with Crippen LogP contribution in [0.5, 0.6) is 0 Å². The van der Waals surface area contributed by atoms with Crippen molar-refractivity contribution in [3.8, 4) is 0 Å². The largest absolute Gasteiger partial charge is 0.477 e. The minimum Gasteiger partial charge on any atom is -0.477 e. The third-order valence-corrected chi connectivity index (χ3v) is 1.85. The molecule has 0 fully saturated rings. The zero-order chi connectivity index (χ0) is 11.3. The first kappa shape index (κ1) is 11.2. The minimum atomic E-state index is -1.06. The van der Waals surface area contributed by atoms with Crippen molar-refractivity contribution >= 4 is 11.9 Å². The lowest BCUT2D eigenvalue weighted by Crippen LogP contribution is -2.21. The van der Waals surface area contributed by atoms with Gasteiger partial charge in [0.15, 0.2) is 0 Å². The fourth-order valence-electron chi connectivity index (χ4n) is 0.981. The Bertz CT molecular complexity index is 359. The third-order valence-electron chi connectivity index (χ3n) is 1.85. The first-order valence-electron chi connectivity index (χ1n) is 4.58. The van der Waals surface area contributed by atoms with E-state index in [1.807, 2.05) is 0 Å². The second kappa shape index (κ2) is 5.09. The predicted molar refractivity (Wildman–Crippen MR) is 53.3 cm³/mol. The monoisotopic (exact) mass is 208 g/mol. The molecule has 0 radical (unpaired) electrons. The Balaban J connectivity index is 2.57. The van der Waals surface area contributed by atoms with Crippen molar-refractivity contribution in [2.75, 3.05) is 0 Å². The standard InChI is InChI=1S/C10H12N2O3/c1-2-9(13)12-6-7-3-4-8(10(14)15)11-5-7/h3-5H,2,6H2,1H3,(H,12,13)(H,14,15). The summed E-state index contributed by atoms with van der Waals surface area (Å²) in [6.45, 7) is 2.14. The number of pyridine rings is 1. The van der Waals surface area contributed by atoms with Crippen LogP contribution < -0.4 is 5.32 Å².